The molecule has 0 radical (unpaired) electrons. The SMILES string of the molecule is [2H]Nc1nc(OC(=O)C(O)C(O)C(=O)O)nc(-[n+]2cccc(C(=O)O)c2)n1. The molecule has 13 nitrogen and oxygen atoms in total. The monoisotopic (exact) mass is 367 g/mol. The van der Waals surface area contributed by atoms with Crippen LogP contribution in [0.5, 0.6) is 6.01 Å². The number of hydrogen-bond acceptors (Lipinski definition) is 10. The number of carbonyl (C=O) groups excluding carboxylic acids is 1. The lowest BCUT2D eigenvalue weighted by Gasteiger charge is -2.11. The van der Waals surface area contributed by atoms with Gasteiger partial charge in [-0.25, -0.2) is 19.0 Å². The Hall–Kier alpha value is -3.71. The van der Waals surface area contributed by atoms with Crippen molar-refractivity contribution in [3.63, 3.8) is 0 Å². The lowest BCUT2D eigenvalue weighted by atomic mass is 10.2. The first-order valence-corrected chi connectivity index (χ1v) is 6.72. The summed E-state index contributed by atoms with van der Waals surface area (Å²) in [6.45, 7) is 0. The third kappa shape index (κ3) is 4.22. The number of carboxylic acid groups (broad SMARTS) is 2. The highest BCUT2D eigenvalue weighted by Crippen LogP contribution is 2.08. The van der Waals surface area contributed by atoms with Crippen LogP contribution in [-0.4, -0.2) is 65.5 Å². The molecule has 0 fully saturated rings. The first-order valence-electron chi connectivity index (χ1n) is 7.22. The molecule has 136 valence electrons. The van der Waals surface area contributed by atoms with Crippen LogP contribution in [0.3, 0.4) is 0 Å². The van der Waals surface area contributed by atoms with Gasteiger partial charge in [-0.15, -0.1) is 4.98 Å². The van der Waals surface area contributed by atoms with E-state index in [1.165, 1.54) is 18.3 Å². The van der Waals surface area contributed by atoms with Crippen LogP contribution >= 0.6 is 0 Å². The third-order valence-electron chi connectivity index (χ3n) is 2.87. The number of aromatic carboxylic acids is 1. The third-order valence-corrected chi connectivity index (χ3v) is 2.87. The number of nitrogens with two attached hydrogens (primary N) is 1. The number of ether oxygens (including phenoxy) is 1. The number of esters is 1. The van der Waals surface area contributed by atoms with E-state index in [-0.39, 0.29) is 11.5 Å². The van der Waals surface area contributed by atoms with E-state index in [1.54, 1.807) is 0 Å². The Labute approximate surface area is 145 Å². The quantitative estimate of drug-likeness (QED) is 0.247. The molecule has 0 aliphatic carbocycles. The number of nitrogens with zero attached hydrogens (tertiary/aromatic N) is 4. The number of carbonyl (C=O) groups is 3. The number of nitrogen functional groups attached to an aromatic ring is 1. The van der Waals surface area contributed by atoms with Crippen LogP contribution in [0.1, 0.15) is 10.4 Å². The van der Waals surface area contributed by atoms with Gasteiger partial charge in [-0.2, -0.15) is 0 Å². The van der Waals surface area contributed by atoms with Crippen molar-refractivity contribution in [3.05, 3.63) is 30.1 Å². The Morgan fingerprint density at radius 2 is 1.92 bits per heavy atom. The van der Waals surface area contributed by atoms with Crippen molar-refractivity contribution in [2.45, 2.75) is 12.2 Å². The number of aliphatic hydroxyl groups excluding tert-OH is 2. The number of pyridine rings is 1. The zero-order valence-electron chi connectivity index (χ0n) is 13.7. The van der Waals surface area contributed by atoms with E-state index in [1.807, 2.05) is 5.73 Å². The molecule has 2 atom stereocenters. The minimum Gasteiger partial charge on any atom is -0.479 e. The summed E-state index contributed by atoms with van der Waals surface area (Å²) < 4.78 is 12.8. The summed E-state index contributed by atoms with van der Waals surface area (Å²) in [5, 5.41) is 36.2. The zero-order valence-corrected chi connectivity index (χ0v) is 12.7. The van der Waals surface area contributed by atoms with Gasteiger partial charge in [0.25, 0.3) is 0 Å². The molecule has 6 N–H and O–H groups in total. The highest BCUT2D eigenvalue weighted by atomic mass is 16.6. The van der Waals surface area contributed by atoms with Crippen molar-refractivity contribution >= 4 is 23.9 Å². The molecule has 2 unspecified atom stereocenters. The Bertz CT molecular complexity index is 895. The topological polar surface area (TPSA) is 210 Å². The molecule has 0 spiro atoms. The summed E-state index contributed by atoms with van der Waals surface area (Å²) in [4.78, 5) is 44.4. The molecule has 2 rings (SSSR count). The molecular weight excluding hydrogens is 354 g/mol. The lowest BCUT2D eigenvalue weighted by molar-refractivity contribution is -0.603. The molecule has 2 aromatic heterocycles. The minimum atomic E-state index is -2.44. The van der Waals surface area contributed by atoms with E-state index in [0.717, 1.165) is 10.8 Å². The van der Waals surface area contributed by atoms with Gasteiger partial charge >= 0.3 is 35.8 Å². The van der Waals surface area contributed by atoms with Gasteiger partial charge in [0.1, 0.15) is 0 Å². The molecule has 0 bridgehead atoms. The first-order chi connectivity index (χ1) is 12.7. The second-order valence-corrected chi connectivity index (χ2v) is 4.70. The number of aliphatic hydroxyl groups is 2. The standard InChI is InChI=1S/C13H11N5O8/c14-11-15-12(18-3-1-2-5(4-18)8(21)22)17-13(16-11)26-10(25)7(20)6(19)9(23)24/h1-4,6-7,19-20H,(H3-,14,15,16,17,21,22,23,24)/p+1/i/hD. The maximum Gasteiger partial charge on any atom is 0.446 e. The van der Waals surface area contributed by atoms with Gasteiger partial charge in [-0.1, -0.05) is 0 Å². The minimum absolute atomic E-state index is 0.114. The molecule has 2 heterocycles. The number of hydrogen-bond donors (Lipinski definition) is 5. The summed E-state index contributed by atoms with van der Waals surface area (Å²) in [6, 6.07) is 1.94. The van der Waals surface area contributed by atoms with Gasteiger partial charge in [-0.05, 0) is 22.1 Å². The number of anilines is 1. The van der Waals surface area contributed by atoms with Crippen LogP contribution in [0, 0.1) is 0 Å². The van der Waals surface area contributed by atoms with Crippen molar-refractivity contribution in [3.8, 4) is 12.0 Å². The van der Waals surface area contributed by atoms with E-state index >= 15 is 0 Å². The highest BCUT2D eigenvalue weighted by Gasteiger charge is 2.33. The molecular formula is C13H12N5O8+. The van der Waals surface area contributed by atoms with E-state index in [0.29, 0.717) is 0 Å². The fraction of sp³-hybridized carbons (Fsp3) is 0.154. The first kappa shape index (κ1) is 17.1. The fourth-order valence-electron chi connectivity index (χ4n) is 1.65. The second-order valence-electron chi connectivity index (χ2n) is 4.70. The number of aliphatic carboxylic acids is 1. The van der Waals surface area contributed by atoms with Crippen LogP contribution < -0.4 is 15.0 Å². The highest BCUT2D eigenvalue weighted by molar-refractivity contribution is 5.86. The predicted molar refractivity (Wildman–Crippen MR) is 78.0 cm³/mol. The Kier molecular flexibility index (Phi) is 4.91. The van der Waals surface area contributed by atoms with Gasteiger partial charge in [0.05, 0.1) is 18.0 Å². The normalized spacial score (nSPS) is 13.2. The zero-order chi connectivity index (χ0) is 20.1. The van der Waals surface area contributed by atoms with Crippen LogP contribution in [0.4, 0.5) is 5.95 Å². The van der Waals surface area contributed by atoms with Crippen LogP contribution in [0.25, 0.3) is 5.95 Å². The van der Waals surface area contributed by atoms with Gasteiger partial charge in [-0.3, -0.25) is 0 Å². The molecule has 0 saturated heterocycles. The van der Waals surface area contributed by atoms with Crippen molar-refractivity contribution in [1.82, 2.24) is 15.0 Å². The molecule has 0 amide bonds. The molecule has 0 aliphatic heterocycles. The molecule has 26 heavy (non-hydrogen) atoms. The Balaban J connectivity index is 2.35. The smallest absolute Gasteiger partial charge is 0.446 e. The Morgan fingerprint density at radius 1 is 1.19 bits per heavy atom. The van der Waals surface area contributed by atoms with E-state index in [2.05, 4.69) is 19.7 Å². The van der Waals surface area contributed by atoms with Gasteiger partial charge in [0.15, 0.2) is 13.6 Å². The maximum atomic E-state index is 11.7. The molecule has 2 aromatic rings. The van der Waals surface area contributed by atoms with Crippen molar-refractivity contribution in [1.29, 1.82) is 0 Å². The average Bonchev–Trinajstić information content (AvgIpc) is 2.66. The van der Waals surface area contributed by atoms with Gasteiger partial charge in [0.2, 0.25) is 0 Å². The molecule has 0 saturated carbocycles. The molecule has 0 aliphatic rings. The van der Waals surface area contributed by atoms with Crippen LogP contribution in [-0.2, 0) is 9.59 Å². The summed E-state index contributed by atoms with van der Waals surface area (Å²) >= 11 is 0. The largest absolute Gasteiger partial charge is 0.479 e. The van der Waals surface area contributed by atoms with Gasteiger partial charge in [0, 0.05) is 0 Å². The van der Waals surface area contributed by atoms with Crippen LogP contribution in [0.2, 0.25) is 1.41 Å². The van der Waals surface area contributed by atoms with E-state index < -0.39 is 42.1 Å². The van der Waals surface area contributed by atoms with Gasteiger partial charge < -0.3 is 30.9 Å². The summed E-state index contributed by atoms with van der Waals surface area (Å²) in [6.07, 6.45) is -2.35. The fourth-order valence-corrected chi connectivity index (χ4v) is 1.65. The summed E-state index contributed by atoms with van der Waals surface area (Å²) in [5.74, 6) is -5.30. The van der Waals surface area contributed by atoms with Crippen LogP contribution in [0.15, 0.2) is 24.5 Å². The summed E-state index contributed by atoms with van der Waals surface area (Å²) in [5.41, 5.74) is 1.71. The van der Waals surface area contributed by atoms with Crippen molar-refractivity contribution in [2.75, 3.05) is 5.73 Å². The average molecular weight is 367 g/mol. The van der Waals surface area contributed by atoms with Crippen molar-refractivity contribution < 1.29 is 45.5 Å². The summed E-state index contributed by atoms with van der Waals surface area (Å²) in [7, 11) is 0. The van der Waals surface area contributed by atoms with E-state index in [9.17, 15) is 19.5 Å². The number of aromatic nitrogens is 4. The van der Waals surface area contributed by atoms with Crippen molar-refractivity contribution in [2.24, 2.45) is 0 Å². The number of rotatable bonds is 7. The molecule has 0 aromatic carbocycles. The molecule has 13 heteroatoms. The second kappa shape index (κ2) is 7.45. The maximum absolute atomic E-state index is 11.7. The Morgan fingerprint density at radius 3 is 2.54 bits per heavy atom. The number of carboxylic acids is 2. The lowest BCUT2D eigenvalue weighted by Crippen LogP contribution is -2.42. The predicted octanol–water partition coefficient (Wildman–Crippen LogP) is -2.86. The van der Waals surface area contributed by atoms with E-state index in [4.69, 9.17) is 16.7 Å².